The number of hydrogen-bond donors (Lipinski definition) is 1. The van der Waals surface area contributed by atoms with Crippen LogP contribution in [0.1, 0.15) is 23.4 Å². The van der Waals surface area contributed by atoms with E-state index in [1.54, 1.807) is 26.0 Å². The second-order valence-electron chi connectivity index (χ2n) is 5.51. The van der Waals surface area contributed by atoms with E-state index in [-0.39, 0.29) is 18.0 Å². The highest BCUT2D eigenvalue weighted by molar-refractivity contribution is 5.92. The van der Waals surface area contributed by atoms with Gasteiger partial charge in [0.15, 0.2) is 5.65 Å². The third-order valence-electron chi connectivity index (χ3n) is 3.62. The third-order valence-corrected chi connectivity index (χ3v) is 3.62. The molecule has 0 aliphatic heterocycles. The van der Waals surface area contributed by atoms with Gasteiger partial charge in [0, 0.05) is 16.9 Å². The van der Waals surface area contributed by atoms with E-state index in [0.717, 1.165) is 0 Å². The highest BCUT2D eigenvalue weighted by Gasteiger charge is 2.20. The summed E-state index contributed by atoms with van der Waals surface area (Å²) in [6.07, 6.45) is -2.62. The number of aromatic nitrogens is 3. The molecule has 0 spiro atoms. The summed E-state index contributed by atoms with van der Waals surface area (Å²) >= 11 is 0. The van der Waals surface area contributed by atoms with Crippen molar-refractivity contribution in [2.75, 3.05) is 5.32 Å². The molecule has 0 atom stereocenters. The molecule has 5 nitrogen and oxygen atoms in total. The van der Waals surface area contributed by atoms with Gasteiger partial charge in [0.1, 0.15) is 6.54 Å². The van der Waals surface area contributed by atoms with Crippen molar-refractivity contribution in [3.05, 3.63) is 53.3 Å². The number of halogens is 2. The summed E-state index contributed by atoms with van der Waals surface area (Å²) in [5.41, 5.74) is 1.74. The molecule has 24 heavy (non-hydrogen) atoms. The van der Waals surface area contributed by atoms with Gasteiger partial charge in [-0.3, -0.25) is 4.79 Å². The Bertz CT molecular complexity index is 890. The number of hydrogen-bond acceptors (Lipinski definition) is 3. The predicted molar refractivity (Wildman–Crippen MR) is 87.0 cm³/mol. The average Bonchev–Trinajstić information content (AvgIpc) is 2.83. The van der Waals surface area contributed by atoms with E-state index in [2.05, 4.69) is 15.4 Å². The Labute approximate surface area is 137 Å². The van der Waals surface area contributed by atoms with E-state index < -0.39 is 6.43 Å². The fraction of sp³-hybridized carbons (Fsp3) is 0.235. The number of fused-ring (bicyclic) bond motifs is 1. The molecule has 0 saturated heterocycles. The van der Waals surface area contributed by atoms with Crippen LogP contribution in [-0.2, 0) is 11.3 Å². The SMILES string of the molecule is Cc1cc(C(F)F)c2c(C)nn(CC(=O)Nc3ccccc3)c2n1. The van der Waals surface area contributed by atoms with Gasteiger partial charge in [0.05, 0.1) is 11.1 Å². The molecule has 0 aliphatic carbocycles. The van der Waals surface area contributed by atoms with Crippen molar-refractivity contribution in [2.45, 2.75) is 26.8 Å². The van der Waals surface area contributed by atoms with Crippen LogP contribution in [0, 0.1) is 13.8 Å². The molecule has 1 N–H and O–H groups in total. The van der Waals surface area contributed by atoms with E-state index >= 15 is 0 Å². The number of pyridine rings is 1. The van der Waals surface area contributed by atoms with Gasteiger partial charge in [-0.15, -0.1) is 0 Å². The van der Waals surface area contributed by atoms with Crippen LogP contribution in [0.3, 0.4) is 0 Å². The summed E-state index contributed by atoms with van der Waals surface area (Å²) in [4.78, 5) is 16.5. The van der Waals surface area contributed by atoms with Crippen LogP contribution in [0.15, 0.2) is 36.4 Å². The summed E-state index contributed by atoms with van der Waals surface area (Å²) in [5, 5.41) is 7.26. The highest BCUT2D eigenvalue weighted by atomic mass is 19.3. The normalized spacial score (nSPS) is 11.2. The third kappa shape index (κ3) is 3.10. The maximum absolute atomic E-state index is 13.3. The quantitative estimate of drug-likeness (QED) is 0.795. The van der Waals surface area contributed by atoms with Crippen LogP contribution in [0.2, 0.25) is 0 Å². The molecule has 2 heterocycles. The van der Waals surface area contributed by atoms with Gasteiger partial charge >= 0.3 is 0 Å². The fourth-order valence-electron chi connectivity index (χ4n) is 2.66. The summed E-state index contributed by atoms with van der Waals surface area (Å²) in [6, 6.07) is 10.4. The lowest BCUT2D eigenvalue weighted by atomic mass is 10.1. The van der Waals surface area contributed by atoms with Crippen LogP contribution in [0.4, 0.5) is 14.5 Å². The minimum Gasteiger partial charge on any atom is -0.324 e. The Morgan fingerprint density at radius 3 is 2.62 bits per heavy atom. The first kappa shape index (κ1) is 16.0. The van der Waals surface area contributed by atoms with E-state index in [9.17, 15) is 13.6 Å². The van der Waals surface area contributed by atoms with Gasteiger partial charge in [0.2, 0.25) is 5.91 Å². The number of carbonyl (C=O) groups excluding carboxylic acids is 1. The molecule has 2 aromatic heterocycles. The van der Waals surface area contributed by atoms with Crippen LogP contribution >= 0.6 is 0 Å². The number of nitrogens with one attached hydrogen (secondary N) is 1. The van der Waals surface area contributed by atoms with Crippen molar-refractivity contribution >= 4 is 22.6 Å². The van der Waals surface area contributed by atoms with Crippen molar-refractivity contribution < 1.29 is 13.6 Å². The van der Waals surface area contributed by atoms with Crippen molar-refractivity contribution in [1.82, 2.24) is 14.8 Å². The van der Waals surface area contributed by atoms with Crippen molar-refractivity contribution in [3.8, 4) is 0 Å². The topological polar surface area (TPSA) is 59.8 Å². The molecule has 124 valence electrons. The molecular weight excluding hydrogens is 314 g/mol. The largest absolute Gasteiger partial charge is 0.324 e. The number of alkyl halides is 2. The number of anilines is 1. The number of amides is 1. The molecule has 3 aromatic rings. The van der Waals surface area contributed by atoms with Gasteiger partial charge in [-0.1, -0.05) is 18.2 Å². The molecule has 3 rings (SSSR count). The molecule has 0 saturated carbocycles. The van der Waals surface area contributed by atoms with Gasteiger partial charge < -0.3 is 5.32 Å². The standard InChI is InChI=1S/C17H16F2N4O/c1-10-8-13(16(18)19)15-11(2)22-23(17(15)20-10)9-14(24)21-12-6-4-3-5-7-12/h3-8,16H,9H2,1-2H3,(H,21,24). The number of nitrogens with zero attached hydrogens (tertiary/aromatic N) is 3. The van der Waals surface area contributed by atoms with E-state index in [4.69, 9.17) is 0 Å². The van der Waals surface area contributed by atoms with E-state index in [1.165, 1.54) is 10.7 Å². The van der Waals surface area contributed by atoms with E-state index in [1.807, 2.05) is 18.2 Å². The molecule has 1 amide bonds. The first-order valence-electron chi connectivity index (χ1n) is 7.43. The van der Waals surface area contributed by atoms with E-state index in [0.29, 0.717) is 28.1 Å². The smallest absolute Gasteiger partial charge is 0.264 e. The molecule has 0 fully saturated rings. The lowest BCUT2D eigenvalue weighted by Gasteiger charge is -2.07. The van der Waals surface area contributed by atoms with Gasteiger partial charge in [0.25, 0.3) is 6.43 Å². The van der Waals surface area contributed by atoms with Crippen LogP contribution in [-0.4, -0.2) is 20.7 Å². The molecular formula is C17H16F2N4O. The number of para-hydroxylation sites is 1. The Morgan fingerprint density at radius 1 is 1.25 bits per heavy atom. The molecule has 0 unspecified atom stereocenters. The van der Waals surface area contributed by atoms with Crippen LogP contribution in [0.5, 0.6) is 0 Å². The summed E-state index contributed by atoms with van der Waals surface area (Å²) in [6.45, 7) is 3.18. The minimum atomic E-state index is -2.62. The minimum absolute atomic E-state index is 0.0988. The lowest BCUT2D eigenvalue weighted by Crippen LogP contribution is -2.19. The first-order valence-corrected chi connectivity index (χ1v) is 7.43. The Kier molecular flexibility index (Phi) is 4.24. The zero-order valence-corrected chi connectivity index (χ0v) is 13.3. The van der Waals surface area contributed by atoms with Crippen LogP contribution < -0.4 is 5.32 Å². The average molecular weight is 330 g/mol. The zero-order chi connectivity index (χ0) is 17.3. The maximum Gasteiger partial charge on any atom is 0.264 e. The second-order valence-corrected chi connectivity index (χ2v) is 5.51. The number of aryl methyl sites for hydroxylation is 2. The second kappa shape index (κ2) is 6.35. The number of rotatable bonds is 4. The zero-order valence-electron chi connectivity index (χ0n) is 13.3. The molecule has 7 heteroatoms. The Balaban J connectivity index is 1.94. The fourth-order valence-corrected chi connectivity index (χ4v) is 2.66. The Morgan fingerprint density at radius 2 is 1.96 bits per heavy atom. The highest BCUT2D eigenvalue weighted by Crippen LogP contribution is 2.29. The maximum atomic E-state index is 13.3. The first-order chi connectivity index (χ1) is 11.5. The lowest BCUT2D eigenvalue weighted by molar-refractivity contribution is -0.116. The monoisotopic (exact) mass is 330 g/mol. The van der Waals surface area contributed by atoms with Crippen LogP contribution in [0.25, 0.3) is 11.0 Å². The van der Waals surface area contributed by atoms with Gasteiger partial charge in [-0.05, 0) is 32.0 Å². The molecule has 0 bridgehead atoms. The number of carbonyl (C=O) groups is 1. The molecule has 0 radical (unpaired) electrons. The van der Waals surface area contributed by atoms with Crippen molar-refractivity contribution in [2.24, 2.45) is 0 Å². The summed E-state index contributed by atoms with van der Waals surface area (Å²) in [5.74, 6) is -0.299. The number of benzene rings is 1. The predicted octanol–water partition coefficient (Wildman–Crippen LogP) is 3.62. The molecule has 1 aromatic carbocycles. The Hall–Kier alpha value is -2.83. The van der Waals surface area contributed by atoms with Gasteiger partial charge in [-0.2, -0.15) is 5.10 Å². The van der Waals surface area contributed by atoms with Gasteiger partial charge in [-0.25, -0.2) is 18.4 Å². The van der Waals surface area contributed by atoms with Crippen molar-refractivity contribution in [1.29, 1.82) is 0 Å². The summed E-state index contributed by atoms with van der Waals surface area (Å²) < 4.78 is 27.9. The van der Waals surface area contributed by atoms with Crippen molar-refractivity contribution in [3.63, 3.8) is 0 Å². The summed E-state index contributed by atoms with van der Waals surface area (Å²) in [7, 11) is 0. The molecule has 0 aliphatic rings.